The highest BCUT2D eigenvalue weighted by atomic mass is 35.5. The van der Waals surface area contributed by atoms with Crippen LogP contribution in [0.1, 0.15) is 39.5 Å². The number of nitrogens with zero attached hydrogens (tertiary/aromatic N) is 1. The molecule has 4 heteroatoms. The van der Waals surface area contributed by atoms with Gasteiger partial charge in [-0.2, -0.15) is 0 Å². The normalized spacial score (nSPS) is 12.4. The molecule has 0 radical (unpaired) electrons. The summed E-state index contributed by atoms with van der Waals surface area (Å²) in [7, 11) is 0. The summed E-state index contributed by atoms with van der Waals surface area (Å²) in [6, 6.07) is 2.33. The molecule has 1 atom stereocenters. The second-order valence-corrected chi connectivity index (χ2v) is 4.97. The van der Waals surface area contributed by atoms with E-state index in [2.05, 4.69) is 24.1 Å². The molecule has 1 unspecified atom stereocenters. The summed E-state index contributed by atoms with van der Waals surface area (Å²) in [6.45, 7) is 5.93. The lowest BCUT2D eigenvalue weighted by molar-refractivity contribution is 0.303. The van der Waals surface area contributed by atoms with Crippen LogP contribution in [-0.4, -0.2) is 24.2 Å². The summed E-state index contributed by atoms with van der Waals surface area (Å²) in [5, 5.41) is 4.05. The maximum absolute atomic E-state index is 5.82. The van der Waals surface area contributed by atoms with Crippen LogP contribution in [0, 0.1) is 0 Å². The van der Waals surface area contributed by atoms with Gasteiger partial charge >= 0.3 is 0 Å². The van der Waals surface area contributed by atoms with Crippen LogP contribution < -0.4 is 10.1 Å². The number of aromatic nitrogens is 1. The van der Waals surface area contributed by atoms with Crippen LogP contribution in [-0.2, 0) is 0 Å². The molecule has 1 rings (SSSR count). The number of ether oxygens (including phenoxy) is 1. The Morgan fingerprint density at radius 2 is 2.22 bits per heavy atom. The van der Waals surface area contributed by atoms with Crippen LogP contribution in [0.3, 0.4) is 0 Å². The lowest BCUT2D eigenvalue weighted by Crippen LogP contribution is -2.30. The van der Waals surface area contributed by atoms with Crippen molar-refractivity contribution in [1.82, 2.24) is 10.3 Å². The first kappa shape index (κ1) is 15.3. The van der Waals surface area contributed by atoms with Crippen LogP contribution in [0.2, 0.25) is 5.02 Å². The Morgan fingerprint density at radius 1 is 1.39 bits per heavy atom. The molecule has 0 bridgehead atoms. The number of pyridine rings is 1. The van der Waals surface area contributed by atoms with Gasteiger partial charge in [0, 0.05) is 24.8 Å². The van der Waals surface area contributed by atoms with Gasteiger partial charge < -0.3 is 10.1 Å². The van der Waals surface area contributed by atoms with Gasteiger partial charge in [-0.15, -0.1) is 0 Å². The molecule has 1 aromatic rings. The predicted molar refractivity (Wildman–Crippen MR) is 76.3 cm³/mol. The number of unbranched alkanes of at least 4 members (excludes halogenated alkanes) is 2. The molecule has 1 aromatic heterocycles. The number of nitrogens with one attached hydrogen (secondary N) is 1. The fourth-order valence-corrected chi connectivity index (χ4v) is 1.91. The Morgan fingerprint density at radius 3 is 2.94 bits per heavy atom. The van der Waals surface area contributed by atoms with Gasteiger partial charge in [0.2, 0.25) is 0 Å². The third kappa shape index (κ3) is 6.82. The molecular formula is C14H23ClN2O. The van der Waals surface area contributed by atoms with Crippen molar-refractivity contribution >= 4 is 11.6 Å². The number of hydrogen-bond acceptors (Lipinski definition) is 3. The van der Waals surface area contributed by atoms with Gasteiger partial charge in [-0.3, -0.25) is 4.98 Å². The maximum atomic E-state index is 5.82. The Hall–Kier alpha value is -0.800. The molecule has 0 spiro atoms. The van der Waals surface area contributed by atoms with Crippen LogP contribution in [0.15, 0.2) is 18.5 Å². The molecule has 0 aliphatic carbocycles. The monoisotopic (exact) mass is 270 g/mol. The first-order valence-corrected chi connectivity index (χ1v) is 7.07. The molecule has 0 saturated carbocycles. The third-order valence-electron chi connectivity index (χ3n) is 2.78. The van der Waals surface area contributed by atoms with Crippen molar-refractivity contribution in [2.75, 3.05) is 13.2 Å². The van der Waals surface area contributed by atoms with Gasteiger partial charge in [0.1, 0.15) is 12.4 Å². The molecule has 0 aliphatic heterocycles. The van der Waals surface area contributed by atoms with E-state index in [4.69, 9.17) is 16.3 Å². The van der Waals surface area contributed by atoms with E-state index in [0.717, 1.165) is 12.3 Å². The highest BCUT2D eigenvalue weighted by molar-refractivity contribution is 6.30. The Balaban J connectivity index is 2.07. The summed E-state index contributed by atoms with van der Waals surface area (Å²) in [6.07, 6.45) is 8.39. The van der Waals surface area contributed by atoms with Crippen molar-refractivity contribution in [2.24, 2.45) is 0 Å². The van der Waals surface area contributed by atoms with Crippen LogP contribution >= 0.6 is 11.6 Å². The molecule has 0 aliphatic rings. The van der Waals surface area contributed by atoms with Crippen molar-refractivity contribution in [2.45, 2.75) is 45.6 Å². The van der Waals surface area contributed by atoms with E-state index in [1.54, 1.807) is 18.5 Å². The Kier molecular flexibility index (Phi) is 7.78. The van der Waals surface area contributed by atoms with Crippen LogP contribution in [0.25, 0.3) is 0 Å². The molecule has 1 N–H and O–H groups in total. The first-order valence-electron chi connectivity index (χ1n) is 6.69. The highest BCUT2D eigenvalue weighted by Gasteiger charge is 2.01. The minimum atomic E-state index is 0.553. The van der Waals surface area contributed by atoms with E-state index in [1.807, 2.05) is 0 Å². The zero-order valence-electron chi connectivity index (χ0n) is 11.3. The fourth-order valence-electron chi connectivity index (χ4n) is 1.75. The van der Waals surface area contributed by atoms with E-state index in [1.165, 1.54) is 25.7 Å². The summed E-state index contributed by atoms with van der Waals surface area (Å²) >= 11 is 5.82. The molecule has 18 heavy (non-hydrogen) atoms. The van der Waals surface area contributed by atoms with Gasteiger partial charge in [-0.1, -0.05) is 37.8 Å². The zero-order valence-corrected chi connectivity index (χ0v) is 12.0. The SMILES string of the molecule is CCCCCC(C)NCCOc1cncc(Cl)c1. The van der Waals surface area contributed by atoms with Crippen LogP contribution in [0.5, 0.6) is 5.75 Å². The van der Waals surface area contributed by atoms with Crippen molar-refractivity contribution in [3.8, 4) is 5.75 Å². The third-order valence-corrected chi connectivity index (χ3v) is 2.99. The Labute approximate surface area is 115 Å². The molecule has 3 nitrogen and oxygen atoms in total. The molecule has 0 fully saturated rings. The molecule has 0 aromatic carbocycles. The fraction of sp³-hybridized carbons (Fsp3) is 0.643. The lowest BCUT2D eigenvalue weighted by atomic mass is 10.1. The lowest BCUT2D eigenvalue weighted by Gasteiger charge is -2.13. The van der Waals surface area contributed by atoms with Gasteiger partial charge in [0.05, 0.1) is 11.2 Å². The van der Waals surface area contributed by atoms with Crippen molar-refractivity contribution in [1.29, 1.82) is 0 Å². The largest absolute Gasteiger partial charge is 0.491 e. The minimum absolute atomic E-state index is 0.553. The van der Waals surface area contributed by atoms with Crippen molar-refractivity contribution in [3.05, 3.63) is 23.5 Å². The summed E-state index contributed by atoms with van der Waals surface area (Å²) in [5.41, 5.74) is 0. The van der Waals surface area contributed by atoms with E-state index in [-0.39, 0.29) is 0 Å². The van der Waals surface area contributed by atoms with Crippen molar-refractivity contribution in [3.63, 3.8) is 0 Å². The highest BCUT2D eigenvalue weighted by Crippen LogP contribution is 2.14. The minimum Gasteiger partial charge on any atom is -0.491 e. The van der Waals surface area contributed by atoms with Gasteiger partial charge in [-0.25, -0.2) is 0 Å². The molecule has 0 saturated heterocycles. The van der Waals surface area contributed by atoms with E-state index >= 15 is 0 Å². The smallest absolute Gasteiger partial charge is 0.139 e. The molecule has 0 amide bonds. The van der Waals surface area contributed by atoms with Crippen molar-refractivity contribution < 1.29 is 4.74 Å². The standard InChI is InChI=1S/C14H23ClN2O/c1-3-4-5-6-12(2)17-7-8-18-14-9-13(15)10-16-11-14/h9-12,17H,3-8H2,1-2H3. The van der Waals surface area contributed by atoms with Crippen LogP contribution in [0.4, 0.5) is 0 Å². The van der Waals surface area contributed by atoms with E-state index < -0.39 is 0 Å². The van der Waals surface area contributed by atoms with E-state index in [0.29, 0.717) is 17.7 Å². The Bertz CT molecular complexity index is 333. The average molecular weight is 271 g/mol. The maximum Gasteiger partial charge on any atom is 0.139 e. The quantitative estimate of drug-likeness (QED) is 0.695. The van der Waals surface area contributed by atoms with Gasteiger partial charge in [-0.05, 0) is 13.3 Å². The summed E-state index contributed by atoms with van der Waals surface area (Å²) in [5.74, 6) is 0.725. The predicted octanol–water partition coefficient (Wildman–Crippen LogP) is 3.67. The molecular weight excluding hydrogens is 248 g/mol. The second kappa shape index (κ2) is 9.17. The van der Waals surface area contributed by atoms with Gasteiger partial charge in [0.25, 0.3) is 0 Å². The summed E-state index contributed by atoms with van der Waals surface area (Å²) < 4.78 is 5.55. The molecule has 1 heterocycles. The van der Waals surface area contributed by atoms with E-state index in [9.17, 15) is 0 Å². The second-order valence-electron chi connectivity index (χ2n) is 4.54. The summed E-state index contributed by atoms with van der Waals surface area (Å²) in [4.78, 5) is 3.97. The zero-order chi connectivity index (χ0) is 13.2. The number of halogens is 1. The number of rotatable bonds is 9. The number of hydrogen-bond donors (Lipinski definition) is 1. The molecule has 102 valence electrons. The average Bonchev–Trinajstić information content (AvgIpc) is 2.35. The topological polar surface area (TPSA) is 34.1 Å². The van der Waals surface area contributed by atoms with Gasteiger partial charge in [0.15, 0.2) is 0 Å². The first-order chi connectivity index (χ1) is 8.72.